The highest BCUT2D eigenvalue weighted by Gasteiger charge is 2.12. The van der Waals surface area contributed by atoms with Gasteiger partial charge in [0.05, 0.1) is 0 Å². The first-order valence-electron chi connectivity index (χ1n) is 4.20. The third-order valence-electron chi connectivity index (χ3n) is 1.87. The van der Waals surface area contributed by atoms with E-state index < -0.39 is 0 Å². The molecular formula is C10H11Cl2NO. The minimum absolute atomic E-state index is 0.0449. The van der Waals surface area contributed by atoms with E-state index in [9.17, 15) is 4.79 Å². The molecular weight excluding hydrogens is 221 g/mol. The standard InChI is InChI=1S/C10H11Cl2NO/c1-6(14)4-10(13)8-3-2-7(11)5-9(8)12/h2-3,5,10H,4,13H2,1H3. The summed E-state index contributed by atoms with van der Waals surface area (Å²) < 4.78 is 0. The van der Waals surface area contributed by atoms with Gasteiger partial charge in [0, 0.05) is 22.5 Å². The number of hydrogen-bond acceptors (Lipinski definition) is 2. The molecule has 1 aromatic rings. The number of carbonyl (C=O) groups excluding carboxylic acids is 1. The molecule has 1 unspecified atom stereocenters. The monoisotopic (exact) mass is 231 g/mol. The Bertz CT molecular complexity index is 352. The summed E-state index contributed by atoms with van der Waals surface area (Å²) in [5.74, 6) is 0.0449. The maximum atomic E-state index is 10.9. The quantitative estimate of drug-likeness (QED) is 0.870. The maximum Gasteiger partial charge on any atom is 0.131 e. The highest BCUT2D eigenvalue weighted by molar-refractivity contribution is 6.35. The van der Waals surface area contributed by atoms with Gasteiger partial charge >= 0.3 is 0 Å². The molecule has 0 radical (unpaired) electrons. The van der Waals surface area contributed by atoms with Gasteiger partial charge in [-0.25, -0.2) is 0 Å². The number of rotatable bonds is 3. The summed E-state index contributed by atoms with van der Waals surface area (Å²) >= 11 is 11.7. The Morgan fingerprint density at radius 3 is 2.64 bits per heavy atom. The summed E-state index contributed by atoms with van der Waals surface area (Å²) in [6, 6.07) is 4.73. The SMILES string of the molecule is CC(=O)CC(N)c1ccc(Cl)cc1Cl. The average Bonchev–Trinajstić information content (AvgIpc) is 2.01. The lowest BCUT2D eigenvalue weighted by atomic mass is 10.0. The first kappa shape index (κ1) is 11.5. The molecule has 0 aliphatic rings. The molecule has 0 spiro atoms. The van der Waals surface area contributed by atoms with Gasteiger partial charge in [0.25, 0.3) is 0 Å². The van der Waals surface area contributed by atoms with Gasteiger partial charge in [-0.3, -0.25) is 4.79 Å². The van der Waals surface area contributed by atoms with Crippen LogP contribution in [-0.4, -0.2) is 5.78 Å². The zero-order valence-electron chi connectivity index (χ0n) is 7.76. The summed E-state index contributed by atoms with van der Waals surface area (Å²) in [6.45, 7) is 1.50. The van der Waals surface area contributed by atoms with Crippen molar-refractivity contribution in [3.63, 3.8) is 0 Å². The number of benzene rings is 1. The molecule has 0 fully saturated rings. The molecule has 0 aliphatic heterocycles. The van der Waals surface area contributed by atoms with Gasteiger partial charge < -0.3 is 5.73 Å². The van der Waals surface area contributed by atoms with Crippen LogP contribution in [0.15, 0.2) is 18.2 Å². The number of carbonyl (C=O) groups is 1. The van der Waals surface area contributed by atoms with Gasteiger partial charge in [-0.15, -0.1) is 0 Å². The first-order chi connectivity index (χ1) is 6.50. The van der Waals surface area contributed by atoms with E-state index in [0.717, 1.165) is 5.56 Å². The second-order valence-electron chi connectivity index (χ2n) is 3.18. The van der Waals surface area contributed by atoms with Crippen LogP contribution < -0.4 is 5.73 Å². The Morgan fingerprint density at radius 1 is 1.50 bits per heavy atom. The van der Waals surface area contributed by atoms with E-state index >= 15 is 0 Å². The minimum atomic E-state index is -0.350. The van der Waals surface area contributed by atoms with Crippen LogP contribution in [0, 0.1) is 0 Å². The van der Waals surface area contributed by atoms with Crippen LogP contribution in [0.1, 0.15) is 24.9 Å². The van der Waals surface area contributed by atoms with Crippen LogP contribution in [-0.2, 0) is 4.79 Å². The molecule has 0 aromatic heterocycles. The van der Waals surface area contributed by atoms with E-state index in [1.807, 2.05) is 0 Å². The highest BCUT2D eigenvalue weighted by Crippen LogP contribution is 2.26. The summed E-state index contributed by atoms with van der Waals surface area (Å²) in [5, 5.41) is 1.07. The molecule has 0 amide bonds. The third kappa shape index (κ3) is 2.98. The van der Waals surface area contributed by atoms with Gasteiger partial charge in [-0.1, -0.05) is 29.3 Å². The number of nitrogens with two attached hydrogens (primary N) is 1. The zero-order valence-corrected chi connectivity index (χ0v) is 9.27. The summed E-state index contributed by atoms with van der Waals surface area (Å²) in [6.07, 6.45) is 0.293. The van der Waals surface area contributed by atoms with E-state index in [0.29, 0.717) is 16.5 Å². The Kier molecular flexibility index (Phi) is 3.93. The van der Waals surface area contributed by atoms with Gasteiger partial charge in [-0.05, 0) is 24.6 Å². The molecule has 0 saturated heterocycles. The minimum Gasteiger partial charge on any atom is -0.324 e. The summed E-state index contributed by atoms with van der Waals surface area (Å²) in [4.78, 5) is 10.9. The molecule has 2 nitrogen and oxygen atoms in total. The van der Waals surface area contributed by atoms with Crippen molar-refractivity contribution < 1.29 is 4.79 Å². The molecule has 0 aliphatic carbocycles. The summed E-state index contributed by atoms with van der Waals surface area (Å²) in [5.41, 5.74) is 6.55. The Hall–Kier alpha value is -0.570. The molecule has 0 bridgehead atoms. The molecule has 0 heterocycles. The Labute approximate surface area is 93.0 Å². The molecule has 0 saturated carbocycles. The van der Waals surface area contributed by atoms with Crippen molar-refractivity contribution in [1.82, 2.24) is 0 Å². The largest absolute Gasteiger partial charge is 0.324 e. The van der Waals surface area contributed by atoms with Crippen molar-refractivity contribution >= 4 is 29.0 Å². The van der Waals surface area contributed by atoms with Crippen LogP contribution in [0.2, 0.25) is 10.0 Å². The lowest BCUT2D eigenvalue weighted by molar-refractivity contribution is -0.117. The van der Waals surface area contributed by atoms with E-state index in [-0.39, 0.29) is 11.8 Å². The maximum absolute atomic E-state index is 10.9. The second-order valence-corrected chi connectivity index (χ2v) is 4.02. The number of Topliss-reactive ketones (excluding diaryl/α,β-unsaturated/α-hetero) is 1. The van der Waals surface area contributed by atoms with Crippen molar-refractivity contribution in [2.45, 2.75) is 19.4 Å². The smallest absolute Gasteiger partial charge is 0.131 e. The van der Waals surface area contributed by atoms with Crippen LogP contribution in [0.3, 0.4) is 0 Å². The predicted molar refractivity (Wildman–Crippen MR) is 58.7 cm³/mol. The van der Waals surface area contributed by atoms with E-state index in [4.69, 9.17) is 28.9 Å². The predicted octanol–water partition coefficient (Wildman–Crippen LogP) is 2.97. The van der Waals surface area contributed by atoms with Crippen molar-refractivity contribution in [3.8, 4) is 0 Å². The molecule has 4 heteroatoms. The zero-order chi connectivity index (χ0) is 10.7. The molecule has 14 heavy (non-hydrogen) atoms. The Balaban J connectivity index is 2.90. The van der Waals surface area contributed by atoms with Crippen molar-refractivity contribution in [2.75, 3.05) is 0 Å². The third-order valence-corrected chi connectivity index (χ3v) is 2.43. The van der Waals surface area contributed by atoms with E-state index in [1.165, 1.54) is 6.92 Å². The fourth-order valence-corrected chi connectivity index (χ4v) is 1.77. The van der Waals surface area contributed by atoms with Crippen molar-refractivity contribution in [1.29, 1.82) is 0 Å². The Morgan fingerprint density at radius 2 is 2.14 bits per heavy atom. The van der Waals surface area contributed by atoms with Crippen molar-refractivity contribution in [2.24, 2.45) is 5.73 Å². The lowest BCUT2D eigenvalue weighted by Crippen LogP contribution is -2.14. The average molecular weight is 232 g/mol. The second kappa shape index (κ2) is 4.78. The van der Waals surface area contributed by atoms with E-state index in [1.54, 1.807) is 18.2 Å². The molecule has 76 valence electrons. The normalized spacial score (nSPS) is 12.6. The number of hydrogen-bond donors (Lipinski definition) is 1. The van der Waals surface area contributed by atoms with Crippen molar-refractivity contribution in [3.05, 3.63) is 33.8 Å². The molecule has 1 rings (SSSR count). The first-order valence-corrected chi connectivity index (χ1v) is 4.96. The lowest BCUT2D eigenvalue weighted by Gasteiger charge is -2.11. The fraction of sp³-hybridized carbons (Fsp3) is 0.300. The summed E-state index contributed by atoms with van der Waals surface area (Å²) in [7, 11) is 0. The number of ketones is 1. The fourth-order valence-electron chi connectivity index (χ4n) is 1.22. The topological polar surface area (TPSA) is 43.1 Å². The van der Waals surface area contributed by atoms with Gasteiger partial charge in [0.1, 0.15) is 5.78 Å². The molecule has 2 N–H and O–H groups in total. The van der Waals surface area contributed by atoms with Gasteiger partial charge in [0.2, 0.25) is 0 Å². The van der Waals surface area contributed by atoms with Crippen LogP contribution >= 0.6 is 23.2 Å². The molecule has 1 atom stereocenters. The van der Waals surface area contributed by atoms with Crippen LogP contribution in [0.4, 0.5) is 0 Å². The van der Waals surface area contributed by atoms with E-state index in [2.05, 4.69) is 0 Å². The highest BCUT2D eigenvalue weighted by atomic mass is 35.5. The molecule has 1 aromatic carbocycles. The van der Waals surface area contributed by atoms with Gasteiger partial charge in [0.15, 0.2) is 0 Å². The van der Waals surface area contributed by atoms with Gasteiger partial charge in [-0.2, -0.15) is 0 Å². The number of halogens is 2. The van der Waals surface area contributed by atoms with Crippen LogP contribution in [0.5, 0.6) is 0 Å². The van der Waals surface area contributed by atoms with Crippen LogP contribution in [0.25, 0.3) is 0 Å².